The minimum absolute atomic E-state index is 0.0556. The Morgan fingerprint density at radius 1 is 1.12 bits per heavy atom. The highest BCUT2D eigenvalue weighted by molar-refractivity contribution is 5.84. The van der Waals surface area contributed by atoms with E-state index >= 15 is 0 Å². The van der Waals surface area contributed by atoms with E-state index in [0.29, 0.717) is 19.6 Å². The molecule has 130 valence electrons. The van der Waals surface area contributed by atoms with E-state index in [2.05, 4.69) is 23.5 Å². The van der Waals surface area contributed by atoms with Crippen LogP contribution in [0.1, 0.15) is 12.0 Å². The number of hydrogen-bond donors (Lipinski definition) is 1. The maximum absolute atomic E-state index is 12.5. The molecule has 1 aliphatic rings. The molecule has 5 nitrogen and oxygen atoms in total. The van der Waals surface area contributed by atoms with Crippen molar-refractivity contribution < 1.29 is 9.59 Å². The van der Waals surface area contributed by atoms with E-state index < -0.39 is 0 Å². The summed E-state index contributed by atoms with van der Waals surface area (Å²) in [6, 6.07) is 18.1. The standard InChI is InChI=1S/C20H23N3O2/c1-22(19(24)15-23-13-7-12-21-20(23)25)14-17-10-5-6-11-18(17)16-8-3-2-4-9-16/h2-6,8-11H,7,12-15H2,1H3,(H,21,25). The maximum Gasteiger partial charge on any atom is 0.317 e. The lowest BCUT2D eigenvalue weighted by atomic mass is 9.99. The van der Waals surface area contributed by atoms with Crippen molar-refractivity contribution >= 4 is 11.9 Å². The molecule has 1 aliphatic heterocycles. The van der Waals surface area contributed by atoms with Crippen molar-refractivity contribution in [2.75, 3.05) is 26.7 Å². The topological polar surface area (TPSA) is 52.7 Å². The minimum atomic E-state index is -0.155. The normalized spacial score (nSPS) is 14.1. The second-order valence-electron chi connectivity index (χ2n) is 6.28. The van der Waals surface area contributed by atoms with Gasteiger partial charge in [0.1, 0.15) is 6.54 Å². The van der Waals surface area contributed by atoms with Crippen LogP contribution in [0.25, 0.3) is 11.1 Å². The number of likely N-dealkylation sites (N-methyl/N-ethyl adjacent to an activating group) is 1. The Bertz CT molecular complexity index is 746. The molecule has 1 N–H and O–H groups in total. The summed E-state index contributed by atoms with van der Waals surface area (Å²) in [5, 5.41) is 2.77. The summed E-state index contributed by atoms with van der Waals surface area (Å²) < 4.78 is 0. The number of amides is 3. The van der Waals surface area contributed by atoms with Crippen LogP contribution in [0.2, 0.25) is 0 Å². The van der Waals surface area contributed by atoms with Crippen molar-refractivity contribution in [3.05, 3.63) is 60.2 Å². The molecule has 25 heavy (non-hydrogen) atoms. The van der Waals surface area contributed by atoms with Crippen molar-refractivity contribution in [3.8, 4) is 11.1 Å². The summed E-state index contributed by atoms with van der Waals surface area (Å²) in [4.78, 5) is 27.6. The number of carbonyl (C=O) groups excluding carboxylic acids is 2. The Kier molecular flexibility index (Phi) is 5.33. The Hall–Kier alpha value is -2.82. The average Bonchev–Trinajstić information content (AvgIpc) is 2.64. The van der Waals surface area contributed by atoms with Crippen LogP contribution in [0.15, 0.2) is 54.6 Å². The third-order valence-corrected chi connectivity index (χ3v) is 4.43. The monoisotopic (exact) mass is 337 g/mol. The molecule has 1 saturated heterocycles. The second kappa shape index (κ2) is 7.83. The summed E-state index contributed by atoms with van der Waals surface area (Å²) in [5.74, 6) is -0.0556. The predicted molar refractivity (Wildman–Crippen MR) is 97.9 cm³/mol. The van der Waals surface area contributed by atoms with Gasteiger partial charge < -0.3 is 15.1 Å². The van der Waals surface area contributed by atoms with Gasteiger partial charge in [0.15, 0.2) is 0 Å². The first-order valence-corrected chi connectivity index (χ1v) is 8.55. The van der Waals surface area contributed by atoms with Gasteiger partial charge in [-0.3, -0.25) is 4.79 Å². The fourth-order valence-corrected chi connectivity index (χ4v) is 3.01. The lowest BCUT2D eigenvalue weighted by Gasteiger charge is -2.29. The summed E-state index contributed by atoms with van der Waals surface area (Å²) in [5.41, 5.74) is 3.35. The Morgan fingerprint density at radius 3 is 2.60 bits per heavy atom. The van der Waals surface area contributed by atoms with Gasteiger partial charge in [-0.1, -0.05) is 54.6 Å². The van der Waals surface area contributed by atoms with E-state index in [9.17, 15) is 9.59 Å². The highest BCUT2D eigenvalue weighted by Gasteiger charge is 2.22. The van der Waals surface area contributed by atoms with Crippen LogP contribution in [0.3, 0.4) is 0 Å². The maximum atomic E-state index is 12.5. The largest absolute Gasteiger partial charge is 0.340 e. The first-order valence-electron chi connectivity index (χ1n) is 8.55. The number of urea groups is 1. The number of nitrogens with zero attached hydrogens (tertiary/aromatic N) is 2. The Morgan fingerprint density at radius 2 is 1.84 bits per heavy atom. The van der Waals surface area contributed by atoms with Gasteiger partial charge in [-0.05, 0) is 23.1 Å². The zero-order chi connectivity index (χ0) is 17.6. The van der Waals surface area contributed by atoms with Gasteiger partial charge in [-0.25, -0.2) is 4.79 Å². The number of hydrogen-bond acceptors (Lipinski definition) is 2. The van der Waals surface area contributed by atoms with E-state index in [1.165, 1.54) is 0 Å². The van der Waals surface area contributed by atoms with Crippen molar-refractivity contribution in [2.24, 2.45) is 0 Å². The molecule has 0 radical (unpaired) electrons. The predicted octanol–water partition coefficient (Wildman–Crippen LogP) is 2.73. The molecule has 0 aliphatic carbocycles. The summed E-state index contributed by atoms with van der Waals surface area (Å²) in [7, 11) is 1.78. The lowest BCUT2D eigenvalue weighted by molar-refractivity contribution is -0.131. The smallest absolute Gasteiger partial charge is 0.317 e. The van der Waals surface area contributed by atoms with Crippen LogP contribution in [0, 0.1) is 0 Å². The molecule has 1 heterocycles. The molecule has 5 heteroatoms. The summed E-state index contributed by atoms with van der Waals surface area (Å²) in [6.07, 6.45) is 0.875. The SMILES string of the molecule is CN(Cc1ccccc1-c1ccccc1)C(=O)CN1CCCNC1=O. The van der Waals surface area contributed by atoms with Gasteiger partial charge in [0.05, 0.1) is 0 Å². The van der Waals surface area contributed by atoms with Gasteiger partial charge >= 0.3 is 6.03 Å². The lowest BCUT2D eigenvalue weighted by Crippen LogP contribution is -2.50. The first kappa shape index (κ1) is 17.0. The van der Waals surface area contributed by atoms with Crippen molar-refractivity contribution in [1.82, 2.24) is 15.1 Å². The molecular formula is C20H23N3O2. The van der Waals surface area contributed by atoms with E-state index in [0.717, 1.165) is 23.1 Å². The van der Waals surface area contributed by atoms with Gasteiger partial charge in [-0.15, -0.1) is 0 Å². The molecule has 2 aromatic carbocycles. The van der Waals surface area contributed by atoms with E-state index in [-0.39, 0.29) is 18.5 Å². The number of rotatable bonds is 5. The third-order valence-electron chi connectivity index (χ3n) is 4.43. The molecule has 0 spiro atoms. The molecule has 1 fully saturated rings. The quantitative estimate of drug-likeness (QED) is 0.912. The van der Waals surface area contributed by atoms with Gasteiger partial charge in [-0.2, -0.15) is 0 Å². The average molecular weight is 337 g/mol. The van der Waals surface area contributed by atoms with Gasteiger partial charge in [0, 0.05) is 26.7 Å². The Balaban J connectivity index is 1.70. The van der Waals surface area contributed by atoms with E-state index in [1.807, 2.05) is 36.4 Å². The Labute approximate surface area is 148 Å². The molecule has 0 atom stereocenters. The molecule has 0 unspecified atom stereocenters. The van der Waals surface area contributed by atoms with Crippen LogP contribution in [0.4, 0.5) is 4.79 Å². The van der Waals surface area contributed by atoms with Gasteiger partial charge in [0.25, 0.3) is 0 Å². The first-order chi connectivity index (χ1) is 12.1. The molecule has 2 aromatic rings. The highest BCUT2D eigenvalue weighted by Crippen LogP contribution is 2.24. The number of benzene rings is 2. The van der Waals surface area contributed by atoms with E-state index in [1.54, 1.807) is 16.8 Å². The molecule has 3 amide bonds. The number of nitrogens with one attached hydrogen (secondary N) is 1. The van der Waals surface area contributed by atoms with Crippen LogP contribution in [-0.2, 0) is 11.3 Å². The van der Waals surface area contributed by atoms with Crippen molar-refractivity contribution in [2.45, 2.75) is 13.0 Å². The zero-order valence-corrected chi connectivity index (χ0v) is 14.4. The second-order valence-corrected chi connectivity index (χ2v) is 6.28. The van der Waals surface area contributed by atoms with Gasteiger partial charge in [0.2, 0.25) is 5.91 Å². The highest BCUT2D eigenvalue weighted by atomic mass is 16.2. The van der Waals surface area contributed by atoms with Crippen LogP contribution in [-0.4, -0.2) is 48.4 Å². The molecule has 3 rings (SSSR count). The number of carbonyl (C=O) groups is 2. The zero-order valence-electron chi connectivity index (χ0n) is 14.4. The molecule has 0 aromatic heterocycles. The fourth-order valence-electron chi connectivity index (χ4n) is 3.01. The van der Waals surface area contributed by atoms with Crippen LogP contribution >= 0.6 is 0 Å². The van der Waals surface area contributed by atoms with Crippen LogP contribution in [0.5, 0.6) is 0 Å². The summed E-state index contributed by atoms with van der Waals surface area (Å²) >= 11 is 0. The van der Waals surface area contributed by atoms with Crippen molar-refractivity contribution in [3.63, 3.8) is 0 Å². The van der Waals surface area contributed by atoms with Crippen molar-refractivity contribution in [1.29, 1.82) is 0 Å². The van der Waals surface area contributed by atoms with E-state index in [4.69, 9.17) is 0 Å². The van der Waals surface area contributed by atoms with Crippen LogP contribution < -0.4 is 5.32 Å². The fraction of sp³-hybridized carbons (Fsp3) is 0.300. The third kappa shape index (κ3) is 4.18. The summed E-state index contributed by atoms with van der Waals surface area (Å²) in [6.45, 7) is 1.95. The molecular weight excluding hydrogens is 314 g/mol. The molecule has 0 saturated carbocycles. The minimum Gasteiger partial charge on any atom is -0.340 e. The molecule has 0 bridgehead atoms.